The molecule has 1 aromatic heterocycles. The monoisotopic (exact) mass is 365 g/mol. The molecule has 0 atom stereocenters. The maximum Gasteiger partial charge on any atom is 0.255 e. The number of nitrogens with one attached hydrogen (secondary N) is 1. The maximum atomic E-state index is 12.5. The molecule has 0 aliphatic carbocycles. The van der Waals surface area contributed by atoms with E-state index in [9.17, 15) is 14.9 Å². The zero-order valence-electron chi connectivity index (χ0n) is 15.8. The molecule has 6 nitrogen and oxygen atoms in total. The summed E-state index contributed by atoms with van der Waals surface area (Å²) in [7, 11) is 0. The second-order valence-corrected chi connectivity index (χ2v) is 6.96. The highest BCUT2D eigenvalue weighted by molar-refractivity contribution is 5.96. The lowest BCUT2D eigenvalue weighted by molar-refractivity contribution is 0.0928. The highest BCUT2D eigenvalue weighted by atomic mass is 16.3. The van der Waals surface area contributed by atoms with Gasteiger partial charge in [0.2, 0.25) is 0 Å². The van der Waals surface area contributed by atoms with Gasteiger partial charge in [0.05, 0.1) is 16.8 Å². The largest absolute Gasteiger partial charge is 0.466 e. The number of amides is 1. The van der Waals surface area contributed by atoms with Crippen LogP contribution in [0.2, 0.25) is 0 Å². The van der Waals surface area contributed by atoms with Crippen LogP contribution < -0.4 is 10.2 Å². The van der Waals surface area contributed by atoms with Crippen molar-refractivity contribution in [3.8, 4) is 6.07 Å². The Balaban J connectivity index is 1.66. The SMILES string of the molecule is CC(=O)c1ccc(C#N)c(N2CCC(NC(=O)c3cc(C)oc3C)CC2)c1. The number of hydrogen-bond donors (Lipinski definition) is 1. The van der Waals surface area contributed by atoms with E-state index in [0.717, 1.165) is 24.3 Å². The van der Waals surface area contributed by atoms with Crippen LogP contribution in [0.15, 0.2) is 28.7 Å². The van der Waals surface area contributed by atoms with E-state index in [-0.39, 0.29) is 17.7 Å². The lowest BCUT2D eigenvalue weighted by Gasteiger charge is -2.34. The Hall–Kier alpha value is -3.07. The normalized spacial score (nSPS) is 14.7. The number of hydrogen-bond acceptors (Lipinski definition) is 5. The second kappa shape index (κ2) is 7.67. The Morgan fingerprint density at radius 3 is 2.48 bits per heavy atom. The number of rotatable bonds is 4. The quantitative estimate of drug-likeness (QED) is 0.840. The van der Waals surface area contributed by atoms with Crippen molar-refractivity contribution in [3.63, 3.8) is 0 Å². The average molecular weight is 365 g/mol. The van der Waals surface area contributed by atoms with Crippen LogP contribution in [0.1, 0.15) is 57.6 Å². The topological polar surface area (TPSA) is 86.3 Å². The third kappa shape index (κ3) is 4.03. The van der Waals surface area contributed by atoms with Gasteiger partial charge in [-0.3, -0.25) is 9.59 Å². The van der Waals surface area contributed by atoms with E-state index >= 15 is 0 Å². The zero-order chi connectivity index (χ0) is 19.6. The molecule has 1 aliphatic heterocycles. The number of nitrogens with zero attached hydrogens (tertiary/aromatic N) is 2. The first-order valence-corrected chi connectivity index (χ1v) is 9.07. The van der Waals surface area contributed by atoms with Crippen molar-refractivity contribution in [2.24, 2.45) is 0 Å². The summed E-state index contributed by atoms with van der Waals surface area (Å²) in [5, 5.41) is 12.5. The van der Waals surface area contributed by atoms with Gasteiger partial charge in [-0.25, -0.2) is 0 Å². The number of Topliss-reactive ketones (excluding diaryl/α,β-unsaturated/α-hetero) is 1. The summed E-state index contributed by atoms with van der Waals surface area (Å²) in [4.78, 5) is 26.2. The Morgan fingerprint density at radius 2 is 1.93 bits per heavy atom. The maximum absolute atomic E-state index is 12.5. The van der Waals surface area contributed by atoms with Crippen molar-refractivity contribution >= 4 is 17.4 Å². The highest BCUT2D eigenvalue weighted by Crippen LogP contribution is 2.26. The van der Waals surface area contributed by atoms with E-state index in [1.54, 1.807) is 31.2 Å². The van der Waals surface area contributed by atoms with Crippen molar-refractivity contribution in [1.82, 2.24) is 5.32 Å². The molecule has 1 aromatic carbocycles. The van der Waals surface area contributed by atoms with Gasteiger partial charge in [-0.1, -0.05) is 0 Å². The van der Waals surface area contributed by atoms with E-state index in [1.165, 1.54) is 6.92 Å². The third-order valence-corrected chi connectivity index (χ3v) is 4.98. The molecule has 1 fully saturated rings. The molecule has 140 valence electrons. The third-order valence-electron chi connectivity index (χ3n) is 4.98. The molecule has 0 bridgehead atoms. The molecule has 27 heavy (non-hydrogen) atoms. The lowest BCUT2D eigenvalue weighted by Crippen LogP contribution is -2.45. The molecule has 1 aliphatic rings. The molecular formula is C21H23N3O3. The van der Waals surface area contributed by atoms with Crippen LogP contribution in [0.4, 0.5) is 5.69 Å². The first kappa shape index (κ1) is 18.7. The molecule has 0 spiro atoms. The van der Waals surface area contributed by atoms with Gasteiger partial charge in [-0.2, -0.15) is 5.26 Å². The summed E-state index contributed by atoms with van der Waals surface area (Å²) in [6, 6.07) is 9.20. The van der Waals surface area contributed by atoms with E-state index < -0.39 is 0 Å². The molecule has 0 unspecified atom stereocenters. The van der Waals surface area contributed by atoms with Crippen LogP contribution in [-0.2, 0) is 0 Å². The number of aryl methyl sites for hydroxylation is 2. The number of piperidine rings is 1. The molecule has 1 saturated heterocycles. The van der Waals surface area contributed by atoms with Gasteiger partial charge in [-0.15, -0.1) is 0 Å². The fraction of sp³-hybridized carbons (Fsp3) is 0.381. The van der Waals surface area contributed by atoms with Crippen molar-refractivity contribution in [1.29, 1.82) is 5.26 Å². The van der Waals surface area contributed by atoms with E-state index in [2.05, 4.69) is 16.3 Å². The van der Waals surface area contributed by atoms with Crippen LogP contribution in [-0.4, -0.2) is 30.8 Å². The predicted molar refractivity (Wildman–Crippen MR) is 102 cm³/mol. The minimum atomic E-state index is -0.112. The summed E-state index contributed by atoms with van der Waals surface area (Å²) in [6.45, 7) is 6.56. The molecule has 1 N–H and O–H groups in total. The Kier molecular flexibility index (Phi) is 5.31. The lowest BCUT2D eigenvalue weighted by atomic mass is 10.0. The number of furan rings is 1. The Labute approximate surface area is 158 Å². The van der Waals surface area contributed by atoms with E-state index in [0.29, 0.717) is 35.5 Å². The minimum Gasteiger partial charge on any atom is -0.466 e. The molecule has 0 radical (unpaired) electrons. The number of benzene rings is 1. The number of anilines is 1. The van der Waals surface area contributed by atoms with Gasteiger partial charge in [0.1, 0.15) is 17.6 Å². The number of nitriles is 1. The highest BCUT2D eigenvalue weighted by Gasteiger charge is 2.24. The van der Waals surface area contributed by atoms with Crippen molar-refractivity contribution < 1.29 is 14.0 Å². The van der Waals surface area contributed by atoms with E-state index in [1.807, 2.05) is 6.92 Å². The van der Waals surface area contributed by atoms with Gasteiger partial charge >= 0.3 is 0 Å². The molecular weight excluding hydrogens is 342 g/mol. The Morgan fingerprint density at radius 1 is 1.22 bits per heavy atom. The molecule has 0 saturated carbocycles. The van der Waals surface area contributed by atoms with Gasteiger partial charge in [-0.05, 0) is 57.9 Å². The fourth-order valence-corrected chi connectivity index (χ4v) is 3.49. The van der Waals surface area contributed by atoms with E-state index in [4.69, 9.17) is 4.42 Å². The van der Waals surface area contributed by atoms with Crippen LogP contribution in [0.3, 0.4) is 0 Å². The zero-order valence-corrected chi connectivity index (χ0v) is 15.8. The van der Waals surface area contributed by atoms with Crippen molar-refractivity contribution in [2.75, 3.05) is 18.0 Å². The summed E-state index contributed by atoms with van der Waals surface area (Å²) < 4.78 is 5.43. The van der Waals surface area contributed by atoms with Gasteiger partial charge in [0.25, 0.3) is 5.91 Å². The summed E-state index contributed by atoms with van der Waals surface area (Å²) in [6.07, 6.45) is 1.55. The number of carbonyl (C=O) groups excluding carboxylic acids is 2. The number of carbonyl (C=O) groups is 2. The van der Waals surface area contributed by atoms with Crippen LogP contribution in [0, 0.1) is 25.2 Å². The van der Waals surface area contributed by atoms with Crippen molar-refractivity contribution in [3.05, 3.63) is 52.5 Å². The van der Waals surface area contributed by atoms with Crippen LogP contribution in [0.25, 0.3) is 0 Å². The predicted octanol–water partition coefficient (Wildman–Crippen LogP) is 3.37. The molecule has 2 aromatic rings. The minimum absolute atomic E-state index is 0.0198. The summed E-state index contributed by atoms with van der Waals surface area (Å²) in [5.74, 6) is 1.22. The average Bonchev–Trinajstić information content (AvgIpc) is 3.00. The van der Waals surface area contributed by atoms with Gasteiger partial charge in [0, 0.05) is 24.7 Å². The smallest absolute Gasteiger partial charge is 0.255 e. The Bertz CT molecular complexity index is 915. The summed E-state index contributed by atoms with van der Waals surface area (Å²) >= 11 is 0. The molecule has 2 heterocycles. The first-order valence-electron chi connectivity index (χ1n) is 9.07. The second-order valence-electron chi connectivity index (χ2n) is 6.96. The standard InChI is InChI=1S/C21H23N3O3/c1-13-10-19(15(3)27-13)21(26)23-18-6-8-24(9-7-18)20-11-16(14(2)25)4-5-17(20)12-22/h4-5,10-11,18H,6-9H2,1-3H3,(H,23,26). The van der Waals surface area contributed by atoms with Crippen LogP contribution >= 0.6 is 0 Å². The fourth-order valence-electron chi connectivity index (χ4n) is 3.49. The molecule has 6 heteroatoms. The van der Waals surface area contributed by atoms with Gasteiger partial charge < -0.3 is 14.6 Å². The van der Waals surface area contributed by atoms with Crippen molar-refractivity contribution in [2.45, 2.75) is 39.7 Å². The molecule has 1 amide bonds. The van der Waals surface area contributed by atoms with Gasteiger partial charge in [0.15, 0.2) is 5.78 Å². The van der Waals surface area contributed by atoms with Crippen LogP contribution in [0.5, 0.6) is 0 Å². The molecule has 3 rings (SSSR count). The summed E-state index contributed by atoms with van der Waals surface area (Å²) in [5.41, 5.74) is 2.53. The first-order chi connectivity index (χ1) is 12.9. The number of ketones is 1.